The van der Waals surface area contributed by atoms with E-state index in [4.69, 9.17) is 16.3 Å². The standard InChI is InChI=1S/C22H25ClN4O5S2/c1-15(33-14-20-24-12-13-26(20)2)21(22(28)25-29)27(3)34(30,31)19-10-8-18(9-11-19)32-17-6-4-16(23)5-7-17/h4-13,15,21,29H,14H2,1-3H3,(H,25,28)/t15-,21?/m1/s1. The highest BCUT2D eigenvalue weighted by atomic mass is 35.5. The molecule has 1 heterocycles. The van der Waals surface area contributed by atoms with Gasteiger partial charge >= 0.3 is 0 Å². The molecule has 1 unspecified atom stereocenters. The average Bonchev–Trinajstić information content (AvgIpc) is 3.24. The molecule has 0 bridgehead atoms. The molecule has 2 aromatic carbocycles. The largest absolute Gasteiger partial charge is 0.457 e. The molecule has 0 radical (unpaired) electrons. The minimum Gasteiger partial charge on any atom is -0.457 e. The minimum absolute atomic E-state index is 0.0181. The molecule has 2 N–H and O–H groups in total. The quantitative estimate of drug-likeness (QED) is 0.307. The lowest BCUT2D eigenvalue weighted by Crippen LogP contribution is -2.51. The van der Waals surface area contributed by atoms with Gasteiger partial charge in [-0.2, -0.15) is 4.31 Å². The number of nitrogens with one attached hydrogen (secondary N) is 1. The zero-order valence-electron chi connectivity index (χ0n) is 18.8. The summed E-state index contributed by atoms with van der Waals surface area (Å²) >= 11 is 7.23. The van der Waals surface area contributed by atoms with E-state index in [2.05, 4.69) is 4.98 Å². The number of ether oxygens (including phenoxy) is 1. The van der Waals surface area contributed by atoms with Crippen molar-refractivity contribution in [2.75, 3.05) is 7.05 Å². The van der Waals surface area contributed by atoms with Gasteiger partial charge in [0.25, 0.3) is 5.91 Å². The maximum Gasteiger partial charge on any atom is 0.262 e. The van der Waals surface area contributed by atoms with Crippen molar-refractivity contribution < 1.29 is 23.2 Å². The monoisotopic (exact) mass is 524 g/mol. The van der Waals surface area contributed by atoms with Crippen molar-refractivity contribution in [3.8, 4) is 11.5 Å². The summed E-state index contributed by atoms with van der Waals surface area (Å²) < 4.78 is 35.1. The Balaban J connectivity index is 1.76. The smallest absolute Gasteiger partial charge is 0.262 e. The van der Waals surface area contributed by atoms with Gasteiger partial charge < -0.3 is 9.30 Å². The predicted molar refractivity (Wildman–Crippen MR) is 131 cm³/mol. The fourth-order valence-electron chi connectivity index (χ4n) is 3.21. The molecule has 34 heavy (non-hydrogen) atoms. The van der Waals surface area contributed by atoms with Crippen LogP contribution in [0.2, 0.25) is 5.02 Å². The normalized spacial score (nSPS) is 13.5. The second kappa shape index (κ2) is 11.2. The molecule has 12 heteroatoms. The van der Waals surface area contributed by atoms with E-state index in [0.717, 1.165) is 10.1 Å². The first-order chi connectivity index (χ1) is 16.1. The van der Waals surface area contributed by atoms with Crippen LogP contribution in [-0.2, 0) is 27.6 Å². The molecule has 1 amide bonds. The number of carbonyl (C=O) groups excluding carboxylic acids is 1. The second-order valence-electron chi connectivity index (χ2n) is 7.44. The summed E-state index contributed by atoms with van der Waals surface area (Å²) in [5.41, 5.74) is 1.59. The first-order valence-electron chi connectivity index (χ1n) is 10.2. The summed E-state index contributed by atoms with van der Waals surface area (Å²) in [6.07, 6.45) is 3.46. The van der Waals surface area contributed by atoms with Crippen LogP contribution in [0, 0.1) is 0 Å². The number of thioether (sulfide) groups is 1. The molecule has 3 rings (SSSR count). The van der Waals surface area contributed by atoms with Crippen molar-refractivity contribution in [1.29, 1.82) is 0 Å². The Morgan fingerprint density at radius 3 is 2.32 bits per heavy atom. The average molecular weight is 525 g/mol. The summed E-state index contributed by atoms with van der Waals surface area (Å²) in [6.45, 7) is 1.72. The molecule has 1 aromatic heterocycles. The van der Waals surface area contributed by atoms with Gasteiger partial charge in [0.1, 0.15) is 23.4 Å². The molecule has 9 nitrogen and oxygen atoms in total. The fraction of sp³-hybridized carbons (Fsp3) is 0.273. The number of aromatic nitrogens is 2. The number of benzene rings is 2. The number of hydrogen-bond acceptors (Lipinski definition) is 7. The van der Waals surface area contributed by atoms with Crippen LogP contribution in [0.3, 0.4) is 0 Å². The van der Waals surface area contributed by atoms with E-state index in [9.17, 15) is 18.4 Å². The van der Waals surface area contributed by atoms with E-state index in [0.29, 0.717) is 22.3 Å². The van der Waals surface area contributed by atoms with Gasteiger partial charge in [-0.15, -0.1) is 11.8 Å². The highest BCUT2D eigenvalue weighted by Crippen LogP contribution is 2.28. The van der Waals surface area contributed by atoms with E-state index in [-0.39, 0.29) is 4.90 Å². The van der Waals surface area contributed by atoms with Crippen LogP contribution >= 0.6 is 23.4 Å². The molecule has 0 aliphatic heterocycles. The number of amides is 1. The third-order valence-electron chi connectivity index (χ3n) is 5.16. The lowest BCUT2D eigenvalue weighted by Gasteiger charge is -2.30. The van der Waals surface area contributed by atoms with Crippen LogP contribution in [0.1, 0.15) is 12.7 Å². The van der Waals surface area contributed by atoms with E-state index >= 15 is 0 Å². The van der Waals surface area contributed by atoms with Crippen LogP contribution in [0.5, 0.6) is 11.5 Å². The van der Waals surface area contributed by atoms with E-state index < -0.39 is 27.2 Å². The third-order valence-corrected chi connectivity index (χ3v) is 8.48. The molecule has 0 saturated heterocycles. The van der Waals surface area contributed by atoms with Gasteiger partial charge in [0.2, 0.25) is 10.0 Å². The molecule has 3 aromatic rings. The molecule has 182 valence electrons. The Morgan fingerprint density at radius 2 is 1.79 bits per heavy atom. The van der Waals surface area contributed by atoms with E-state index in [1.807, 2.05) is 11.6 Å². The maximum atomic E-state index is 13.3. The number of likely N-dealkylation sites (N-methyl/N-ethyl adjacent to an activating group) is 1. The summed E-state index contributed by atoms with van der Waals surface area (Å²) in [5.74, 6) is 1.41. The van der Waals surface area contributed by atoms with Gasteiger partial charge in [0.05, 0.1) is 10.6 Å². The Kier molecular flexibility index (Phi) is 8.61. The lowest BCUT2D eigenvalue weighted by atomic mass is 10.2. The Bertz CT molecular complexity index is 1220. The van der Waals surface area contributed by atoms with Crippen LogP contribution in [0.4, 0.5) is 0 Å². The van der Waals surface area contributed by atoms with Gasteiger partial charge in [0.15, 0.2) is 0 Å². The summed E-state index contributed by atoms with van der Waals surface area (Å²) in [7, 11) is -0.899. The van der Waals surface area contributed by atoms with Gasteiger partial charge in [-0.05, 0) is 48.5 Å². The minimum atomic E-state index is -4.06. The molecule has 0 saturated carbocycles. The van der Waals surface area contributed by atoms with Gasteiger partial charge in [-0.1, -0.05) is 18.5 Å². The topological polar surface area (TPSA) is 114 Å². The van der Waals surface area contributed by atoms with E-state index in [1.165, 1.54) is 43.1 Å². The summed E-state index contributed by atoms with van der Waals surface area (Å²) in [6, 6.07) is 11.4. The number of rotatable bonds is 10. The van der Waals surface area contributed by atoms with Crippen LogP contribution < -0.4 is 10.2 Å². The Labute approximate surface area is 207 Å². The summed E-state index contributed by atoms with van der Waals surface area (Å²) in [5, 5.41) is 9.34. The Hall–Kier alpha value is -2.57. The number of sulfonamides is 1. The molecule has 0 spiro atoms. The number of carbonyl (C=O) groups is 1. The van der Waals surface area contributed by atoms with Crippen molar-refractivity contribution in [2.24, 2.45) is 7.05 Å². The molecule has 0 aliphatic carbocycles. The van der Waals surface area contributed by atoms with Crippen molar-refractivity contribution >= 4 is 39.3 Å². The fourth-order valence-corrected chi connectivity index (χ4v) is 5.98. The first-order valence-corrected chi connectivity index (χ1v) is 13.0. The van der Waals surface area contributed by atoms with Crippen LogP contribution in [-0.4, -0.2) is 51.7 Å². The SMILES string of the molecule is C[C@@H](SCc1nccn1C)C(C(=O)NO)N(C)S(=O)(=O)c1ccc(Oc2ccc(Cl)cc2)cc1. The molecular weight excluding hydrogens is 500 g/mol. The Morgan fingerprint density at radius 1 is 1.21 bits per heavy atom. The van der Waals surface area contributed by atoms with Gasteiger partial charge in [-0.3, -0.25) is 10.0 Å². The number of halogens is 1. The van der Waals surface area contributed by atoms with Crippen molar-refractivity contribution in [3.63, 3.8) is 0 Å². The highest BCUT2D eigenvalue weighted by molar-refractivity contribution is 7.99. The predicted octanol–water partition coefficient (Wildman–Crippen LogP) is 3.68. The third kappa shape index (κ3) is 6.10. The van der Waals surface area contributed by atoms with Crippen LogP contribution in [0.25, 0.3) is 0 Å². The number of nitrogens with zero attached hydrogens (tertiary/aromatic N) is 3. The first kappa shape index (κ1) is 26.0. The number of hydrogen-bond donors (Lipinski definition) is 2. The lowest BCUT2D eigenvalue weighted by molar-refractivity contribution is -0.132. The van der Waals surface area contributed by atoms with Crippen molar-refractivity contribution in [1.82, 2.24) is 19.3 Å². The van der Waals surface area contributed by atoms with Gasteiger partial charge in [0, 0.05) is 36.8 Å². The zero-order chi connectivity index (χ0) is 24.9. The molecular formula is C22H25ClN4O5S2. The second-order valence-corrected chi connectivity index (χ2v) is 11.2. The number of aryl methyl sites for hydroxylation is 1. The molecule has 0 fully saturated rings. The molecule has 0 aliphatic rings. The maximum absolute atomic E-state index is 13.3. The van der Waals surface area contributed by atoms with Crippen molar-refractivity contribution in [2.45, 2.75) is 28.9 Å². The zero-order valence-corrected chi connectivity index (χ0v) is 21.1. The summed E-state index contributed by atoms with van der Waals surface area (Å²) in [4.78, 5) is 16.7. The number of hydroxylamine groups is 1. The van der Waals surface area contributed by atoms with Crippen LogP contribution in [0.15, 0.2) is 65.8 Å². The number of imidazole rings is 1. The van der Waals surface area contributed by atoms with Crippen molar-refractivity contribution in [3.05, 3.63) is 71.8 Å². The highest BCUT2D eigenvalue weighted by Gasteiger charge is 2.37. The van der Waals surface area contributed by atoms with Gasteiger partial charge in [-0.25, -0.2) is 18.9 Å². The molecule has 2 atom stereocenters. The van der Waals surface area contributed by atoms with E-state index in [1.54, 1.807) is 49.1 Å².